The summed E-state index contributed by atoms with van der Waals surface area (Å²) in [7, 11) is 0. The summed E-state index contributed by atoms with van der Waals surface area (Å²) in [4.78, 5) is 50.4. The summed E-state index contributed by atoms with van der Waals surface area (Å²) in [6, 6.07) is -2.43. The highest BCUT2D eigenvalue weighted by molar-refractivity contribution is 5.88. The van der Waals surface area contributed by atoms with Crippen LogP contribution in [0.5, 0.6) is 0 Å². The van der Waals surface area contributed by atoms with Gasteiger partial charge in [0.2, 0.25) is 5.91 Å². The Morgan fingerprint density at radius 1 is 1.07 bits per heavy atom. The van der Waals surface area contributed by atoms with Crippen LogP contribution in [0.2, 0.25) is 0 Å². The van der Waals surface area contributed by atoms with E-state index in [0.29, 0.717) is 19.4 Å². The molecule has 1 aliphatic rings. The van der Waals surface area contributed by atoms with Gasteiger partial charge in [-0.05, 0) is 67.7 Å². The number of hydrogen-bond acceptors (Lipinski definition) is 7. The van der Waals surface area contributed by atoms with Gasteiger partial charge in [-0.2, -0.15) is 0 Å². The zero-order valence-corrected chi connectivity index (χ0v) is 19.1. The lowest BCUT2D eigenvalue weighted by atomic mass is 10.1. The molecule has 0 unspecified atom stereocenters. The average molecular weight is 429 g/mol. The molecule has 0 aromatic carbocycles. The largest absolute Gasteiger partial charge is 0.481 e. The minimum atomic E-state index is -1.05. The molecule has 1 fully saturated rings. The van der Waals surface area contributed by atoms with Gasteiger partial charge < -0.3 is 19.5 Å². The van der Waals surface area contributed by atoms with Crippen molar-refractivity contribution in [1.29, 1.82) is 0 Å². The topological polar surface area (TPSA) is 122 Å². The molecule has 9 heteroatoms. The lowest BCUT2D eigenvalue weighted by Crippen LogP contribution is -2.54. The Bertz CT molecular complexity index is 649. The summed E-state index contributed by atoms with van der Waals surface area (Å²) < 4.78 is 10.8. The number of aliphatic carboxylic acids is 1. The van der Waals surface area contributed by atoms with Crippen LogP contribution < -0.4 is 5.32 Å². The summed E-state index contributed by atoms with van der Waals surface area (Å²) in [6.07, 6.45) is 0.929. The van der Waals surface area contributed by atoms with Crippen LogP contribution in [0.25, 0.3) is 0 Å². The first-order valence-corrected chi connectivity index (χ1v) is 10.3. The van der Waals surface area contributed by atoms with Gasteiger partial charge in [-0.3, -0.25) is 19.7 Å². The number of esters is 2. The minimum Gasteiger partial charge on any atom is -0.481 e. The number of rotatable bonds is 8. The van der Waals surface area contributed by atoms with Crippen molar-refractivity contribution in [3.63, 3.8) is 0 Å². The highest BCUT2D eigenvalue weighted by Gasteiger charge is 2.39. The van der Waals surface area contributed by atoms with Crippen molar-refractivity contribution in [2.75, 3.05) is 6.54 Å². The molecule has 9 nitrogen and oxygen atoms in total. The number of amides is 1. The molecule has 1 heterocycles. The maximum atomic E-state index is 13.0. The zero-order valence-electron chi connectivity index (χ0n) is 19.1. The Hall–Kier alpha value is -2.16. The Morgan fingerprint density at radius 2 is 1.63 bits per heavy atom. The lowest BCUT2D eigenvalue weighted by molar-refractivity contribution is -0.164. The maximum Gasteiger partial charge on any atom is 0.329 e. The molecule has 1 rings (SSSR count). The highest BCUT2D eigenvalue weighted by atomic mass is 16.6. The van der Waals surface area contributed by atoms with Crippen LogP contribution in [0.3, 0.4) is 0 Å². The molecule has 2 N–H and O–H groups in total. The zero-order chi connectivity index (χ0) is 23.3. The molecule has 1 saturated heterocycles. The van der Waals surface area contributed by atoms with Gasteiger partial charge in [0, 0.05) is 13.0 Å². The van der Waals surface area contributed by atoms with E-state index in [2.05, 4.69) is 5.32 Å². The van der Waals surface area contributed by atoms with Crippen molar-refractivity contribution in [1.82, 2.24) is 10.2 Å². The van der Waals surface area contributed by atoms with Gasteiger partial charge in [0.25, 0.3) is 0 Å². The van der Waals surface area contributed by atoms with Crippen LogP contribution in [0.15, 0.2) is 0 Å². The third-order valence-corrected chi connectivity index (χ3v) is 4.37. The van der Waals surface area contributed by atoms with Crippen LogP contribution in [0.1, 0.15) is 74.1 Å². The Labute approximate surface area is 178 Å². The minimum absolute atomic E-state index is 0.0165. The highest BCUT2D eigenvalue weighted by Crippen LogP contribution is 2.22. The molecule has 3 atom stereocenters. The predicted octanol–water partition coefficient (Wildman–Crippen LogP) is 1.87. The number of carboxylic acids is 1. The standard InChI is InChI=1S/C21H36N2O7/c1-13(22-14(10-11-16(24)25)18(27)29-20(2,3)4)17(26)23-12-8-9-15(23)19(28)30-21(5,6)7/h13-15,22H,8-12H2,1-7H3,(H,24,25)/t13-,14-,15-/m0/s1. The average Bonchev–Trinajstić information content (AvgIpc) is 3.04. The van der Waals surface area contributed by atoms with E-state index in [1.807, 2.05) is 0 Å². The van der Waals surface area contributed by atoms with Crippen molar-refractivity contribution in [2.45, 2.75) is 103 Å². The fourth-order valence-corrected chi connectivity index (χ4v) is 3.18. The molecule has 0 spiro atoms. The van der Waals surface area contributed by atoms with E-state index < -0.39 is 47.2 Å². The lowest BCUT2D eigenvalue weighted by Gasteiger charge is -2.31. The number of carbonyl (C=O) groups excluding carboxylic acids is 3. The van der Waals surface area contributed by atoms with Crippen molar-refractivity contribution in [3.05, 3.63) is 0 Å². The molecule has 0 aromatic rings. The van der Waals surface area contributed by atoms with Crippen molar-refractivity contribution in [3.8, 4) is 0 Å². The third-order valence-electron chi connectivity index (χ3n) is 4.37. The molecular weight excluding hydrogens is 392 g/mol. The van der Waals surface area contributed by atoms with E-state index in [4.69, 9.17) is 14.6 Å². The van der Waals surface area contributed by atoms with Crippen LogP contribution >= 0.6 is 0 Å². The summed E-state index contributed by atoms with van der Waals surface area (Å²) >= 11 is 0. The van der Waals surface area contributed by atoms with Crippen LogP contribution in [0.4, 0.5) is 0 Å². The Balaban J connectivity index is 2.86. The molecule has 0 saturated carbocycles. The molecule has 0 aromatic heterocycles. The summed E-state index contributed by atoms with van der Waals surface area (Å²) in [6.45, 7) is 12.4. The number of hydrogen-bond donors (Lipinski definition) is 2. The first-order valence-electron chi connectivity index (χ1n) is 10.3. The smallest absolute Gasteiger partial charge is 0.329 e. The van der Waals surface area contributed by atoms with Gasteiger partial charge in [0.15, 0.2) is 0 Å². The van der Waals surface area contributed by atoms with E-state index in [1.54, 1.807) is 48.5 Å². The SMILES string of the molecule is C[C@H](N[C@@H](CCC(=O)O)C(=O)OC(C)(C)C)C(=O)N1CCC[C@H]1C(=O)OC(C)(C)C. The predicted molar refractivity (Wildman–Crippen MR) is 110 cm³/mol. The summed E-state index contributed by atoms with van der Waals surface area (Å²) in [5, 5.41) is 11.9. The number of nitrogens with zero attached hydrogens (tertiary/aromatic N) is 1. The van der Waals surface area contributed by atoms with Crippen molar-refractivity contribution in [2.24, 2.45) is 0 Å². The van der Waals surface area contributed by atoms with E-state index in [-0.39, 0.29) is 18.7 Å². The normalized spacial score (nSPS) is 19.2. The second-order valence-electron chi connectivity index (χ2n) is 9.63. The van der Waals surface area contributed by atoms with E-state index in [0.717, 1.165) is 0 Å². The second kappa shape index (κ2) is 10.2. The fourth-order valence-electron chi connectivity index (χ4n) is 3.18. The summed E-state index contributed by atoms with van der Waals surface area (Å²) in [5.74, 6) is -2.45. The number of carboxylic acid groups (broad SMARTS) is 1. The van der Waals surface area contributed by atoms with Gasteiger partial charge in [-0.1, -0.05) is 0 Å². The number of carbonyl (C=O) groups is 4. The number of likely N-dealkylation sites (tertiary alicyclic amines) is 1. The van der Waals surface area contributed by atoms with Gasteiger partial charge in [-0.15, -0.1) is 0 Å². The van der Waals surface area contributed by atoms with Crippen LogP contribution in [-0.2, 0) is 28.7 Å². The fraction of sp³-hybridized carbons (Fsp3) is 0.810. The molecule has 30 heavy (non-hydrogen) atoms. The monoisotopic (exact) mass is 428 g/mol. The van der Waals surface area contributed by atoms with Gasteiger partial charge in [0.1, 0.15) is 23.3 Å². The Morgan fingerprint density at radius 3 is 2.13 bits per heavy atom. The first-order chi connectivity index (χ1) is 13.6. The molecule has 1 aliphatic heterocycles. The molecule has 0 radical (unpaired) electrons. The quantitative estimate of drug-likeness (QED) is 0.562. The van der Waals surface area contributed by atoms with E-state index >= 15 is 0 Å². The van der Waals surface area contributed by atoms with Gasteiger partial charge in [-0.25, -0.2) is 4.79 Å². The third kappa shape index (κ3) is 8.69. The molecular formula is C21H36N2O7. The van der Waals surface area contributed by atoms with Gasteiger partial charge in [0.05, 0.1) is 6.04 Å². The van der Waals surface area contributed by atoms with Crippen molar-refractivity contribution >= 4 is 23.8 Å². The molecule has 0 bridgehead atoms. The molecule has 172 valence electrons. The number of nitrogens with one attached hydrogen (secondary N) is 1. The maximum absolute atomic E-state index is 13.0. The molecule has 0 aliphatic carbocycles. The van der Waals surface area contributed by atoms with Crippen LogP contribution in [0, 0.1) is 0 Å². The van der Waals surface area contributed by atoms with E-state index in [9.17, 15) is 19.2 Å². The van der Waals surface area contributed by atoms with Crippen LogP contribution in [-0.4, -0.2) is 69.7 Å². The number of ether oxygens (including phenoxy) is 2. The second-order valence-corrected chi connectivity index (χ2v) is 9.63. The molecule has 1 amide bonds. The Kier molecular flexibility index (Phi) is 8.83. The van der Waals surface area contributed by atoms with E-state index in [1.165, 1.54) is 4.90 Å². The van der Waals surface area contributed by atoms with Gasteiger partial charge >= 0.3 is 17.9 Å². The summed E-state index contributed by atoms with van der Waals surface area (Å²) in [5.41, 5.74) is -1.40. The first kappa shape index (κ1) is 25.9. The van der Waals surface area contributed by atoms with Crippen molar-refractivity contribution < 1.29 is 33.8 Å².